The number of rotatable bonds is 0. The molecular formula is C8H9IN4. The summed E-state index contributed by atoms with van der Waals surface area (Å²) in [5.74, 6) is 0. The van der Waals surface area contributed by atoms with Crippen molar-refractivity contribution < 1.29 is 0 Å². The first-order valence-electron chi connectivity index (χ1n) is 3.40. The van der Waals surface area contributed by atoms with Gasteiger partial charge in [-0.25, -0.2) is 19.9 Å². The van der Waals surface area contributed by atoms with Crippen LogP contribution in [0.3, 0.4) is 0 Å². The fourth-order valence-electron chi connectivity index (χ4n) is 0.507. The zero-order chi connectivity index (χ0) is 8.49. The molecule has 0 radical (unpaired) electrons. The van der Waals surface area contributed by atoms with Crippen molar-refractivity contribution >= 4 is 24.0 Å². The summed E-state index contributed by atoms with van der Waals surface area (Å²) < 4.78 is 0. The average Bonchev–Trinajstić information content (AvgIpc) is 2.24. The van der Waals surface area contributed by atoms with E-state index in [-0.39, 0.29) is 24.0 Å². The quantitative estimate of drug-likeness (QED) is 0.690. The van der Waals surface area contributed by atoms with E-state index >= 15 is 0 Å². The average molecular weight is 288 g/mol. The summed E-state index contributed by atoms with van der Waals surface area (Å²) >= 11 is 0. The number of hydrogen-bond donors (Lipinski definition) is 0. The molecule has 0 spiro atoms. The Morgan fingerprint density at radius 2 is 0.846 bits per heavy atom. The molecule has 68 valence electrons. The van der Waals surface area contributed by atoms with Gasteiger partial charge in [-0.3, -0.25) is 0 Å². The largest absolute Gasteiger partial charge is 0.245 e. The lowest BCUT2D eigenvalue weighted by atomic mass is 10.7. The van der Waals surface area contributed by atoms with Crippen molar-refractivity contribution in [2.24, 2.45) is 0 Å². The van der Waals surface area contributed by atoms with Crippen molar-refractivity contribution in [2.45, 2.75) is 0 Å². The lowest BCUT2D eigenvalue weighted by Crippen LogP contribution is -1.66. The van der Waals surface area contributed by atoms with E-state index in [1.54, 1.807) is 36.9 Å². The molecule has 4 nitrogen and oxygen atoms in total. The van der Waals surface area contributed by atoms with Crippen LogP contribution in [0.25, 0.3) is 0 Å². The lowest BCUT2D eigenvalue weighted by Gasteiger charge is -1.70. The van der Waals surface area contributed by atoms with Crippen molar-refractivity contribution in [1.29, 1.82) is 0 Å². The van der Waals surface area contributed by atoms with Gasteiger partial charge in [-0.15, -0.1) is 24.0 Å². The van der Waals surface area contributed by atoms with Crippen molar-refractivity contribution in [1.82, 2.24) is 19.9 Å². The number of nitrogens with zero attached hydrogens (tertiary/aromatic N) is 4. The Kier molecular flexibility index (Phi) is 8.21. The summed E-state index contributed by atoms with van der Waals surface area (Å²) in [7, 11) is 0. The second-order valence-corrected chi connectivity index (χ2v) is 1.81. The molecule has 0 aromatic carbocycles. The first-order valence-corrected chi connectivity index (χ1v) is 3.40. The molecule has 0 bridgehead atoms. The molecule has 2 aromatic heterocycles. The topological polar surface area (TPSA) is 51.6 Å². The molecule has 0 unspecified atom stereocenters. The zero-order valence-electron chi connectivity index (χ0n) is 6.82. The van der Waals surface area contributed by atoms with Crippen LogP contribution in [0.15, 0.2) is 49.6 Å². The summed E-state index contributed by atoms with van der Waals surface area (Å²) in [6.45, 7) is 0. The maximum absolute atomic E-state index is 3.67. The van der Waals surface area contributed by atoms with E-state index in [2.05, 4.69) is 19.9 Å². The smallest absolute Gasteiger partial charge is 0.115 e. The Morgan fingerprint density at radius 1 is 0.538 bits per heavy atom. The minimum Gasteiger partial charge on any atom is -0.245 e. The standard InChI is InChI=1S/2C4H4N2.HI/c2*1-2-5-4-6-3-1;/h2*1-4H;1H. The second kappa shape index (κ2) is 8.98. The van der Waals surface area contributed by atoms with Crippen molar-refractivity contribution in [3.8, 4) is 0 Å². The Hall–Kier alpha value is -1.11. The molecule has 13 heavy (non-hydrogen) atoms. The van der Waals surface area contributed by atoms with E-state index in [0.29, 0.717) is 0 Å². The first kappa shape index (κ1) is 11.9. The predicted octanol–water partition coefficient (Wildman–Crippen LogP) is 1.57. The number of aromatic nitrogens is 4. The van der Waals surface area contributed by atoms with Gasteiger partial charge in [0.25, 0.3) is 0 Å². The molecule has 2 heterocycles. The maximum atomic E-state index is 3.67. The van der Waals surface area contributed by atoms with Crippen molar-refractivity contribution in [3.63, 3.8) is 0 Å². The van der Waals surface area contributed by atoms with Crippen LogP contribution in [-0.4, -0.2) is 19.9 Å². The second-order valence-electron chi connectivity index (χ2n) is 1.81. The van der Waals surface area contributed by atoms with Gasteiger partial charge in [0.05, 0.1) is 0 Å². The van der Waals surface area contributed by atoms with Gasteiger partial charge in [0.1, 0.15) is 12.7 Å². The highest BCUT2D eigenvalue weighted by Gasteiger charge is 1.59. The van der Waals surface area contributed by atoms with Crippen LogP contribution in [-0.2, 0) is 0 Å². The van der Waals surface area contributed by atoms with Gasteiger partial charge in [-0.05, 0) is 12.1 Å². The molecule has 2 rings (SSSR count). The van der Waals surface area contributed by atoms with Crippen LogP contribution in [0.1, 0.15) is 0 Å². The van der Waals surface area contributed by atoms with E-state index in [0.717, 1.165) is 0 Å². The summed E-state index contributed by atoms with van der Waals surface area (Å²) in [5.41, 5.74) is 0. The monoisotopic (exact) mass is 288 g/mol. The van der Waals surface area contributed by atoms with Gasteiger partial charge in [0.15, 0.2) is 0 Å². The first-order chi connectivity index (χ1) is 6.00. The van der Waals surface area contributed by atoms with Crippen LogP contribution >= 0.6 is 24.0 Å². The summed E-state index contributed by atoms with van der Waals surface area (Å²) in [4.78, 5) is 14.7. The van der Waals surface area contributed by atoms with Crippen LogP contribution < -0.4 is 0 Å². The van der Waals surface area contributed by atoms with Gasteiger partial charge in [0, 0.05) is 24.8 Å². The Labute approximate surface area is 93.5 Å². The predicted molar refractivity (Wildman–Crippen MR) is 59.5 cm³/mol. The third-order valence-electron chi connectivity index (χ3n) is 0.955. The highest BCUT2D eigenvalue weighted by molar-refractivity contribution is 14.0. The summed E-state index contributed by atoms with van der Waals surface area (Å²) in [6.07, 6.45) is 9.75. The molecular weight excluding hydrogens is 279 g/mol. The Bertz CT molecular complexity index is 192. The zero-order valence-corrected chi connectivity index (χ0v) is 9.15. The molecule has 2 aromatic rings. The molecule has 5 heteroatoms. The van der Waals surface area contributed by atoms with Crippen molar-refractivity contribution in [3.05, 3.63) is 49.6 Å². The van der Waals surface area contributed by atoms with Gasteiger partial charge in [0.2, 0.25) is 0 Å². The number of hydrogen-bond acceptors (Lipinski definition) is 4. The molecule has 0 aliphatic carbocycles. The molecule has 0 saturated carbocycles. The van der Waals surface area contributed by atoms with Crippen LogP contribution in [0.5, 0.6) is 0 Å². The highest BCUT2D eigenvalue weighted by Crippen LogP contribution is 1.67. The van der Waals surface area contributed by atoms with E-state index in [9.17, 15) is 0 Å². The molecule has 0 aliphatic rings. The third-order valence-corrected chi connectivity index (χ3v) is 0.955. The molecule has 0 saturated heterocycles. The minimum atomic E-state index is 0. The SMILES string of the molecule is I.c1cncnc1.c1cncnc1. The Morgan fingerprint density at radius 3 is 0.923 bits per heavy atom. The van der Waals surface area contributed by atoms with Crippen molar-refractivity contribution in [2.75, 3.05) is 0 Å². The fraction of sp³-hybridized carbons (Fsp3) is 0. The molecule has 0 atom stereocenters. The molecule has 0 aliphatic heterocycles. The summed E-state index contributed by atoms with van der Waals surface area (Å²) in [5, 5.41) is 0. The highest BCUT2D eigenvalue weighted by atomic mass is 127. The normalized spacial score (nSPS) is 7.38. The van der Waals surface area contributed by atoms with Crippen LogP contribution in [0.4, 0.5) is 0 Å². The fourth-order valence-corrected chi connectivity index (χ4v) is 0.507. The minimum absolute atomic E-state index is 0. The van der Waals surface area contributed by atoms with E-state index in [4.69, 9.17) is 0 Å². The van der Waals surface area contributed by atoms with Gasteiger partial charge in [-0.1, -0.05) is 0 Å². The molecule has 0 amide bonds. The van der Waals surface area contributed by atoms with Gasteiger partial charge < -0.3 is 0 Å². The maximum Gasteiger partial charge on any atom is 0.115 e. The van der Waals surface area contributed by atoms with Crippen LogP contribution in [0, 0.1) is 0 Å². The van der Waals surface area contributed by atoms with Gasteiger partial charge in [-0.2, -0.15) is 0 Å². The van der Waals surface area contributed by atoms with E-state index in [1.165, 1.54) is 12.7 Å². The Balaban J connectivity index is 0.000000206. The van der Waals surface area contributed by atoms with Crippen LogP contribution in [0.2, 0.25) is 0 Å². The molecule has 0 N–H and O–H groups in total. The lowest BCUT2D eigenvalue weighted by molar-refractivity contribution is 1.17. The third kappa shape index (κ3) is 7.26. The van der Waals surface area contributed by atoms with E-state index in [1.807, 2.05) is 0 Å². The molecule has 0 fully saturated rings. The van der Waals surface area contributed by atoms with E-state index < -0.39 is 0 Å². The summed E-state index contributed by atoms with van der Waals surface area (Å²) in [6, 6.07) is 3.56. The number of halogens is 1. The van der Waals surface area contributed by atoms with Gasteiger partial charge >= 0.3 is 0 Å².